The molecule has 0 N–H and O–H groups in total. The molecule has 17 heavy (non-hydrogen) atoms. The number of hydrogen-bond donors (Lipinski definition) is 0. The van der Waals surface area contributed by atoms with Gasteiger partial charge in [-0.05, 0) is 18.2 Å². The van der Waals surface area contributed by atoms with Crippen LogP contribution in [0, 0.1) is 5.95 Å². The molecule has 0 aliphatic rings. The Bertz CT molecular complexity index is 568. The van der Waals surface area contributed by atoms with Crippen LogP contribution in [0.1, 0.15) is 5.56 Å². The van der Waals surface area contributed by atoms with E-state index in [-0.39, 0.29) is 11.0 Å². The molecule has 0 bridgehead atoms. The Morgan fingerprint density at radius 3 is 2.41 bits per heavy atom. The van der Waals surface area contributed by atoms with Crippen molar-refractivity contribution in [2.24, 2.45) is 0 Å². The van der Waals surface area contributed by atoms with Crippen molar-refractivity contribution < 1.29 is 22.3 Å². The molecule has 2 rings (SSSR count). The minimum absolute atomic E-state index is 0.0382. The molecular weight excluding hydrogens is 240 g/mol. The van der Waals surface area contributed by atoms with Gasteiger partial charge in [-0.15, -0.1) is 0 Å². The third-order valence-corrected chi connectivity index (χ3v) is 2.11. The third-order valence-electron chi connectivity index (χ3n) is 2.11. The van der Waals surface area contributed by atoms with Gasteiger partial charge in [0, 0.05) is 0 Å². The van der Waals surface area contributed by atoms with Gasteiger partial charge in [0.2, 0.25) is 0 Å². The molecule has 2 aromatic rings. The number of benzene rings is 1. The highest BCUT2D eigenvalue weighted by Crippen LogP contribution is 2.31. The summed E-state index contributed by atoms with van der Waals surface area (Å²) in [5, 5.41) is 0. The van der Waals surface area contributed by atoms with Gasteiger partial charge < -0.3 is 4.74 Å². The normalized spacial score (nSPS) is 11.8. The molecule has 0 fully saturated rings. The highest BCUT2D eigenvalue weighted by molar-refractivity contribution is 5.75. The SMILES string of the molecule is COc1nc2cc(C(F)(F)F)ccc2nc1F. The predicted octanol–water partition coefficient (Wildman–Crippen LogP) is 2.80. The lowest BCUT2D eigenvalue weighted by Gasteiger charge is -2.07. The summed E-state index contributed by atoms with van der Waals surface area (Å²) in [5.41, 5.74) is -0.901. The average Bonchev–Trinajstić information content (AvgIpc) is 2.26. The molecule has 0 amide bonds. The van der Waals surface area contributed by atoms with Crippen molar-refractivity contribution in [1.82, 2.24) is 9.97 Å². The molecule has 0 unspecified atom stereocenters. The first-order valence-corrected chi connectivity index (χ1v) is 4.50. The van der Waals surface area contributed by atoms with Crippen molar-refractivity contribution in [3.8, 4) is 5.88 Å². The number of methoxy groups -OCH3 is 1. The van der Waals surface area contributed by atoms with Crippen molar-refractivity contribution in [2.75, 3.05) is 7.11 Å². The first-order valence-electron chi connectivity index (χ1n) is 4.50. The van der Waals surface area contributed by atoms with Gasteiger partial charge >= 0.3 is 6.18 Å². The van der Waals surface area contributed by atoms with E-state index in [9.17, 15) is 17.6 Å². The minimum Gasteiger partial charge on any atom is -0.478 e. The average molecular weight is 246 g/mol. The minimum atomic E-state index is -4.47. The van der Waals surface area contributed by atoms with Crippen LogP contribution in [0.4, 0.5) is 17.6 Å². The molecule has 0 saturated carbocycles. The zero-order valence-corrected chi connectivity index (χ0v) is 8.55. The van der Waals surface area contributed by atoms with Gasteiger partial charge in [0.1, 0.15) is 0 Å². The van der Waals surface area contributed by atoms with E-state index in [2.05, 4.69) is 14.7 Å². The Morgan fingerprint density at radius 1 is 1.12 bits per heavy atom. The van der Waals surface area contributed by atoms with Crippen molar-refractivity contribution in [3.05, 3.63) is 29.7 Å². The summed E-state index contributed by atoms with van der Waals surface area (Å²) in [5.74, 6) is -1.39. The van der Waals surface area contributed by atoms with Gasteiger partial charge in [0.15, 0.2) is 0 Å². The molecular formula is C10H6F4N2O. The van der Waals surface area contributed by atoms with E-state index in [4.69, 9.17) is 0 Å². The fourth-order valence-electron chi connectivity index (χ4n) is 1.32. The summed E-state index contributed by atoms with van der Waals surface area (Å²) < 4.78 is 55.0. The maximum atomic E-state index is 13.1. The van der Waals surface area contributed by atoms with Crippen LogP contribution < -0.4 is 4.74 Å². The molecule has 3 nitrogen and oxygen atoms in total. The fraction of sp³-hybridized carbons (Fsp3) is 0.200. The molecule has 7 heteroatoms. The number of fused-ring (bicyclic) bond motifs is 1. The molecule has 0 aliphatic heterocycles. The van der Waals surface area contributed by atoms with Crippen molar-refractivity contribution >= 4 is 11.0 Å². The smallest absolute Gasteiger partial charge is 0.416 e. The van der Waals surface area contributed by atoms with Crippen LogP contribution in [0.5, 0.6) is 5.88 Å². The highest BCUT2D eigenvalue weighted by Gasteiger charge is 2.30. The number of aromatic nitrogens is 2. The molecule has 90 valence electrons. The van der Waals surface area contributed by atoms with Crippen LogP contribution in [0.25, 0.3) is 11.0 Å². The lowest BCUT2D eigenvalue weighted by Crippen LogP contribution is -2.05. The van der Waals surface area contributed by atoms with Crippen LogP contribution in [-0.4, -0.2) is 17.1 Å². The third kappa shape index (κ3) is 2.13. The monoisotopic (exact) mass is 246 g/mol. The molecule has 1 aromatic carbocycles. The second-order valence-electron chi connectivity index (χ2n) is 3.22. The quantitative estimate of drug-likeness (QED) is 0.726. The standard InChI is InChI=1S/C10H6F4N2O/c1-17-9-8(11)15-6-3-2-5(10(12,13)14)4-7(6)16-9/h2-4H,1H3. The van der Waals surface area contributed by atoms with Crippen LogP contribution in [0.15, 0.2) is 18.2 Å². The molecule has 0 saturated heterocycles. The zero-order chi connectivity index (χ0) is 12.6. The Hall–Kier alpha value is -1.92. The maximum absolute atomic E-state index is 13.1. The summed E-state index contributed by atoms with van der Waals surface area (Å²) in [6.45, 7) is 0. The largest absolute Gasteiger partial charge is 0.478 e. The van der Waals surface area contributed by atoms with E-state index >= 15 is 0 Å². The number of alkyl halides is 3. The van der Waals surface area contributed by atoms with E-state index in [0.717, 1.165) is 25.3 Å². The molecule has 0 radical (unpaired) electrons. The first-order chi connectivity index (χ1) is 7.91. The van der Waals surface area contributed by atoms with E-state index in [1.807, 2.05) is 0 Å². The molecule has 0 spiro atoms. The zero-order valence-electron chi connectivity index (χ0n) is 8.55. The summed E-state index contributed by atoms with van der Waals surface area (Å²) in [4.78, 5) is 7.06. The Kier molecular flexibility index (Phi) is 2.60. The molecule has 0 aliphatic carbocycles. The summed E-state index contributed by atoms with van der Waals surface area (Å²) in [6, 6.07) is 2.68. The van der Waals surface area contributed by atoms with Crippen LogP contribution >= 0.6 is 0 Å². The molecule has 1 aromatic heterocycles. The number of ether oxygens (including phenoxy) is 1. The van der Waals surface area contributed by atoms with E-state index in [1.165, 1.54) is 0 Å². The van der Waals surface area contributed by atoms with Gasteiger partial charge in [-0.3, -0.25) is 0 Å². The van der Waals surface area contributed by atoms with E-state index in [1.54, 1.807) is 0 Å². The molecule has 0 atom stereocenters. The second-order valence-corrected chi connectivity index (χ2v) is 3.22. The van der Waals surface area contributed by atoms with Crippen LogP contribution in [-0.2, 0) is 6.18 Å². The summed E-state index contributed by atoms with van der Waals surface area (Å²) in [6.07, 6.45) is -4.47. The Labute approximate surface area is 93.1 Å². The van der Waals surface area contributed by atoms with Gasteiger partial charge in [0.25, 0.3) is 11.8 Å². The summed E-state index contributed by atoms with van der Waals surface area (Å²) >= 11 is 0. The predicted molar refractivity (Wildman–Crippen MR) is 51.1 cm³/mol. The van der Waals surface area contributed by atoms with Crippen molar-refractivity contribution in [2.45, 2.75) is 6.18 Å². The lowest BCUT2D eigenvalue weighted by molar-refractivity contribution is -0.137. The van der Waals surface area contributed by atoms with E-state index < -0.39 is 23.6 Å². The number of halogens is 4. The molecule has 1 heterocycles. The van der Waals surface area contributed by atoms with Crippen molar-refractivity contribution in [1.29, 1.82) is 0 Å². The topological polar surface area (TPSA) is 35.0 Å². The lowest BCUT2D eigenvalue weighted by atomic mass is 10.2. The summed E-state index contributed by atoms with van der Waals surface area (Å²) in [7, 11) is 1.16. The van der Waals surface area contributed by atoms with Crippen LogP contribution in [0.2, 0.25) is 0 Å². The van der Waals surface area contributed by atoms with E-state index in [0.29, 0.717) is 0 Å². The van der Waals surface area contributed by atoms with Gasteiger partial charge in [0.05, 0.1) is 23.7 Å². The van der Waals surface area contributed by atoms with Gasteiger partial charge in [-0.2, -0.15) is 17.6 Å². The number of hydrogen-bond acceptors (Lipinski definition) is 3. The van der Waals surface area contributed by atoms with Crippen molar-refractivity contribution in [3.63, 3.8) is 0 Å². The van der Waals surface area contributed by atoms with Crippen LogP contribution in [0.3, 0.4) is 0 Å². The van der Waals surface area contributed by atoms with Gasteiger partial charge in [-0.1, -0.05) is 0 Å². The fourth-order valence-corrected chi connectivity index (χ4v) is 1.32. The second kappa shape index (κ2) is 3.83. The highest BCUT2D eigenvalue weighted by atomic mass is 19.4. The Morgan fingerprint density at radius 2 is 1.82 bits per heavy atom. The first kappa shape index (κ1) is 11.6. The maximum Gasteiger partial charge on any atom is 0.416 e. The number of rotatable bonds is 1. The number of nitrogens with zero attached hydrogens (tertiary/aromatic N) is 2. The Balaban J connectivity index is 2.65. The van der Waals surface area contributed by atoms with Gasteiger partial charge in [-0.25, -0.2) is 9.97 Å².